The van der Waals surface area contributed by atoms with E-state index in [0.717, 1.165) is 6.07 Å². The van der Waals surface area contributed by atoms with Gasteiger partial charge in [0.1, 0.15) is 0 Å². The number of nitrogens with zero attached hydrogens (tertiary/aromatic N) is 1. The number of ether oxygens (including phenoxy) is 1. The smallest absolute Gasteiger partial charge is 0.400 e. The summed E-state index contributed by atoms with van der Waals surface area (Å²) in [5.41, 5.74) is -0.354. The van der Waals surface area contributed by atoms with Crippen LogP contribution in [-0.2, 0) is 11.8 Å². The van der Waals surface area contributed by atoms with Crippen molar-refractivity contribution >= 4 is 15.9 Å². The van der Waals surface area contributed by atoms with Crippen molar-refractivity contribution in [2.75, 3.05) is 0 Å². The average molecular weight is 311 g/mol. The number of nitriles is 1. The highest BCUT2D eigenvalue weighted by Gasteiger charge is 2.32. The van der Waals surface area contributed by atoms with Crippen LogP contribution in [0.3, 0.4) is 0 Å². The van der Waals surface area contributed by atoms with Gasteiger partial charge in [0, 0.05) is 11.0 Å². The molecule has 1 heterocycles. The van der Waals surface area contributed by atoms with Gasteiger partial charge in [-0.3, -0.25) is 4.79 Å². The average Bonchev–Trinajstić information content (AvgIpc) is 2.21. The lowest BCUT2D eigenvalue weighted by Gasteiger charge is -2.10. The Balaban J connectivity index is 3.21. The number of pyridine rings is 1. The Kier molecular flexibility index (Phi) is 4.17. The number of aromatic amines is 1. The van der Waals surface area contributed by atoms with E-state index in [1.807, 2.05) is 0 Å². The normalized spacial score (nSPS) is 11.0. The molecule has 1 aromatic rings. The summed E-state index contributed by atoms with van der Waals surface area (Å²) in [6.45, 7) is 0. The molecule has 0 unspecified atom stereocenters. The highest BCUT2D eigenvalue weighted by atomic mass is 79.9. The first-order valence-corrected chi connectivity index (χ1v) is 5.43. The molecule has 0 bridgehead atoms. The first-order chi connectivity index (χ1) is 7.87. The molecule has 1 N–H and O–H groups in total. The van der Waals surface area contributed by atoms with Crippen LogP contribution in [0.1, 0.15) is 11.3 Å². The quantitative estimate of drug-likeness (QED) is 0.871. The number of H-pyrrole nitrogens is 1. The number of hydrogen-bond donors (Lipinski definition) is 1. The number of rotatable bonds is 3. The fraction of sp³-hybridized carbons (Fsp3) is 0.333. The first kappa shape index (κ1) is 13.6. The second-order valence-electron chi connectivity index (χ2n) is 2.98. The maximum Gasteiger partial charge on any atom is 0.573 e. The summed E-state index contributed by atoms with van der Waals surface area (Å²) in [6, 6.07) is 2.71. The minimum Gasteiger partial charge on any atom is -0.400 e. The maximum atomic E-state index is 12.0. The Morgan fingerprint density at radius 2 is 2.18 bits per heavy atom. The molecule has 0 radical (unpaired) electrons. The fourth-order valence-corrected chi connectivity index (χ4v) is 1.65. The van der Waals surface area contributed by atoms with Crippen LogP contribution in [-0.4, -0.2) is 11.3 Å². The van der Waals surface area contributed by atoms with Crippen molar-refractivity contribution < 1.29 is 17.9 Å². The summed E-state index contributed by atoms with van der Waals surface area (Å²) in [6.07, 6.45) is -5.06. The Morgan fingerprint density at radius 1 is 1.53 bits per heavy atom. The van der Waals surface area contributed by atoms with Crippen LogP contribution in [0.5, 0.6) is 5.75 Å². The monoisotopic (exact) mass is 310 g/mol. The van der Waals surface area contributed by atoms with Crippen molar-refractivity contribution in [2.45, 2.75) is 18.1 Å². The van der Waals surface area contributed by atoms with Gasteiger partial charge in [0.05, 0.1) is 12.5 Å². The first-order valence-electron chi connectivity index (χ1n) is 4.31. The third-order valence-corrected chi connectivity index (χ3v) is 2.37. The number of hydrogen-bond acceptors (Lipinski definition) is 3. The van der Waals surface area contributed by atoms with Crippen LogP contribution in [0.15, 0.2) is 10.9 Å². The van der Waals surface area contributed by atoms with Crippen molar-refractivity contribution in [1.82, 2.24) is 4.98 Å². The molecule has 0 saturated heterocycles. The van der Waals surface area contributed by atoms with Crippen LogP contribution < -0.4 is 10.3 Å². The van der Waals surface area contributed by atoms with Gasteiger partial charge in [0.2, 0.25) is 0 Å². The van der Waals surface area contributed by atoms with Gasteiger partial charge >= 0.3 is 6.36 Å². The van der Waals surface area contributed by atoms with Crippen molar-refractivity contribution in [3.63, 3.8) is 0 Å². The minimum atomic E-state index is -4.94. The van der Waals surface area contributed by atoms with Crippen LogP contribution in [0.2, 0.25) is 0 Å². The summed E-state index contributed by atoms with van der Waals surface area (Å²) in [7, 11) is 0. The van der Waals surface area contributed by atoms with Crippen LogP contribution in [0.25, 0.3) is 0 Å². The van der Waals surface area contributed by atoms with Gasteiger partial charge in [0.25, 0.3) is 5.56 Å². The molecule has 0 aliphatic carbocycles. The van der Waals surface area contributed by atoms with Crippen LogP contribution >= 0.6 is 15.9 Å². The van der Waals surface area contributed by atoms with Crippen molar-refractivity contribution in [1.29, 1.82) is 5.26 Å². The van der Waals surface area contributed by atoms with Gasteiger partial charge in [-0.2, -0.15) is 5.26 Å². The highest BCUT2D eigenvalue weighted by Crippen LogP contribution is 2.21. The predicted octanol–water partition coefficient (Wildman–Crippen LogP) is 2.23. The number of nitrogens with one attached hydrogen (secondary N) is 1. The molecule has 0 fully saturated rings. The fourth-order valence-electron chi connectivity index (χ4n) is 1.15. The second kappa shape index (κ2) is 5.23. The third kappa shape index (κ3) is 3.78. The van der Waals surface area contributed by atoms with E-state index in [1.54, 1.807) is 6.07 Å². The van der Waals surface area contributed by atoms with E-state index in [0.29, 0.717) is 5.69 Å². The number of aromatic nitrogens is 1. The Labute approximate surface area is 102 Å². The molecule has 8 heteroatoms. The summed E-state index contributed by atoms with van der Waals surface area (Å²) in [5.74, 6) is -0.868. The molecule has 1 aromatic heterocycles. The summed E-state index contributed by atoms with van der Waals surface area (Å²) in [5, 5.41) is 8.74. The van der Waals surface area contributed by atoms with E-state index in [4.69, 9.17) is 5.26 Å². The van der Waals surface area contributed by atoms with Gasteiger partial charge in [-0.25, -0.2) is 0 Å². The Bertz CT molecular complexity index is 504. The van der Waals surface area contributed by atoms with Gasteiger partial charge in [-0.05, 0) is 11.6 Å². The van der Waals surface area contributed by atoms with E-state index in [1.165, 1.54) is 0 Å². The zero-order chi connectivity index (χ0) is 13.1. The van der Waals surface area contributed by atoms with Gasteiger partial charge in [0.15, 0.2) is 5.75 Å². The summed E-state index contributed by atoms with van der Waals surface area (Å²) < 4.78 is 39.5. The van der Waals surface area contributed by atoms with Crippen molar-refractivity contribution in [3.05, 3.63) is 27.7 Å². The predicted molar refractivity (Wildman–Crippen MR) is 55.7 cm³/mol. The van der Waals surface area contributed by atoms with Gasteiger partial charge in [-0.1, -0.05) is 15.9 Å². The Hall–Kier alpha value is -1.49. The lowest BCUT2D eigenvalue weighted by Crippen LogP contribution is -2.23. The second-order valence-corrected chi connectivity index (χ2v) is 3.54. The highest BCUT2D eigenvalue weighted by molar-refractivity contribution is 9.08. The molecular formula is C9H6BrF3N2O2. The number of alkyl halides is 4. The van der Waals surface area contributed by atoms with Crippen LogP contribution in [0.4, 0.5) is 13.2 Å². The summed E-state index contributed by atoms with van der Waals surface area (Å²) >= 11 is 3.06. The molecule has 1 rings (SSSR count). The minimum absolute atomic E-state index is 0.119. The molecule has 92 valence electrons. The van der Waals surface area contributed by atoms with E-state index in [-0.39, 0.29) is 17.3 Å². The molecule has 0 spiro atoms. The topological polar surface area (TPSA) is 65.9 Å². The molecule has 0 saturated carbocycles. The molecular weight excluding hydrogens is 305 g/mol. The molecule has 0 atom stereocenters. The van der Waals surface area contributed by atoms with E-state index in [2.05, 4.69) is 25.7 Å². The van der Waals surface area contributed by atoms with E-state index >= 15 is 0 Å². The molecule has 0 aromatic carbocycles. The SMILES string of the molecule is N#CCc1cc(OC(F)(F)F)c(=O)[nH]c1CBr. The zero-order valence-corrected chi connectivity index (χ0v) is 9.85. The lowest BCUT2D eigenvalue weighted by molar-refractivity contribution is -0.275. The molecule has 4 nitrogen and oxygen atoms in total. The van der Waals surface area contributed by atoms with Crippen molar-refractivity contribution in [2.24, 2.45) is 0 Å². The molecule has 0 aliphatic heterocycles. The number of halogens is 4. The van der Waals surface area contributed by atoms with Crippen molar-refractivity contribution in [3.8, 4) is 11.8 Å². The molecule has 0 aliphatic rings. The lowest BCUT2D eigenvalue weighted by atomic mass is 10.1. The van der Waals surface area contributed by atoms with E-state index in [9.17, 15) is 18.0 Å². The summed E-state index contributed by atoms with van der Waals surface area (Å²) in [4.78, 5) is 13.5. The van der Waals surface area contributed by atoms with Gasteiger partial charge < -0.3 is 9.72 Å². The van der Waals surface area contributed by atoms with Gasteiger partial charge in [-0.15, -0.1) is 13.2 Å². The standard InChI is InChI=1S/C9H6BrF3N2O2/c10-4-6-5(1-2-14)3-7(8(16)15-6)17-9(11,12)13/h3H,1,4H2,(H,15,16). The third-order valence-electron chi connectivity index (χ3n) is 1.81. The Morgan fingerprint density at radius 3 is 2.65 bits per heavy atom. The maximum absolute atomic E-state index is 12.0. The van der Waals surface area contributed by atoms with Crippen LogP contribution in [0, 0.1) is 11.3 Å². The molecule has 0 amide bonds. The zero-order valence-electron chi connectivity index (χ0n) is 8.27. The molecule has 17 heavy (non-hydrogen) atoms. The largest absolute Gasteiger partial charge is 0.573 e. The van der Waals surface area contributed by atoms with E-state index < -0.39 is 17.7 Å².